The second-order valence-electron chi connectivity index (χ2n) is 13.6. The molecule has 0 unspecified atom stereocenters. The van der Waals surface area contributed by atoms with Crippen LogP contribution >= 0.6 is 0 Å². The largest absolute Gasteiger partial charge is 0.436 e. The van der Waals surface area contributed by atoms with Gasteiger partial charge in [0.15, 0.2) is 6.10 Å². The normalized spacial score (nSPS) is 19.7. The number of hydrogen-bond acceptors (Lipinski definition) is 6. The molecule has 248 valence electrons. The minimum absolute atomic E-state index is 0.0229. The number of piperidine rings is 3. The van der Waals surface area contributed by atoms with Gasteiger partial charge in [-0.05, 0) is 93.8 Å². The fourth-order valence-corrected chi connectivity index (χ4v) is 7.78. The molecule has 0 saturated carbocycles. The number of rotatable bonds is 7. The maximum Gasteiger partial charge on any atom is 0.410 e. The summed E-state index contributed by atoms with van der Waals surface area (Å²) in [6, 6.07) is 15.7. The summed E-state index contributed by atoms with van der Waals surface area (Å²) >= 11 is 0. The van der Waals surface area contributed by atoms with Crippen LogP contribution in [0.1, 0.15) is 50.1 Å². The van der Waals surface area contributed by atoms with E-state index in [2.05, 4.69) is 27.1 Å². The molecular formula is C36H45N7O4. The highest BCUT2D eigenvalue weighted by molar-refractivity contribution is 5.84. The predicted octanol–water partition coefficient (Wildman–Crippen LogP) is 4.68. The van der Waals surface area contributed by atoms with Crippen molar-refractivity contribution in [2.45, 2.75) is 57.1 Å². The van der Waals surface area contributed by atoms with E-state index < -0.39 is 12.2 Å². The van der Waals surface area contributed by atoms with Crippen LogP contribution in [0.5, 0.6) is 0 Å². The minimum atomic E-state index is -0.912. The number of fused-ring (bicyclic) bond motifs is 1. The Morgan fingerprint density at radius 3 is 2.30 bits per heavy atom. The van der Waals surface area contributed by atoms with E-state index in [9.17, 15) is 14.4 Å². The second kappa shape index (κ2) is 13.8. The van der Waals surface area contributed by atoms with Gasteiger partial charge in [0.05, 0.1) is 17.4 Å². The number of ether oxygens (including phenoxy) is 1. The summed E-state index contributed by atoms with van der Waals surface area (Å²) in [6.07, 6.45) is 8.27. The van der Waals surface area contributed by atoms with Crippen LogP contribution in [0.25, 0.3) is 22.2 Å². The van der Waals surface area contributed by atoms with E-state index in [1.807, 2.05) is 59.6 Å². The van der Waals surface area contributed by atoms with Crippen LogP contribution in [0.3, 0.4) is 0 Å². The first-order valence-electron chi connectivity index (χ1n) is 17.1. The molecule has 7 rings (SSSR count). The van der Waals surface area contributed by atoms with Gasteiger partial charge >= 0.3 is 11.8 Å². The van der Waals surface area contributed by atoms with Crippen LogP contribution in [0.4, 0.5) is 4.79 Å². The standard InChI is InChI=1S/C36H45N7O4/c1-40-15-9-26(10-16-40)27-11-17-41(18-12-27)34(44)33(22-25-7-8-31-29(21-25)23-37-39-31)47-36(46)42-19-13-30(14-20-42)43-24-32(38-35(43)45)28-5-3-2-4-6-28/h2-8,21,23-24,26-27,30,33H,9-20,22H2,1H3,(H,37,39)(H,38,45)/t33-/m1/s1. The fraction of sp³-hybridized carbons (Fsp3) is 0.500. The van der Waals surface area contributed by atoms with Gasteiger partial charge < -0.3 is 24.4 Å². The zero-order chi connectivity index (χ0) is 32.3. The molecule has 3 saturated heterocycles. The molecule has 0 bridgehead atoms. The fourth-order valence-electron chi connectivity index (χ4n) is 7.78. The number of amides is 2. The van der Waals surface area contributed by atoms with Crippen LogP contribution in [-0.2, 0) is 16.0 Å². The quantitative estimate of drug-likeness (QED) is 0.303. The van der Waals surface area contributed by atoms with Gasteiger partial charge in [-0.1, -0.05) is 36.4 Å². The van der Waals surface area contributed by atoms with E-state index >= 15 is 0 Å². The third-order valence-electron chi connectivity index (χ3n) is 10.7. The van der Waals surface area contributed by atoms with Crippen molar-refractivity contribution in [2.75, 3.05) is 46.3 Å². The highest BCUT2D eigenvalue weighted by atomic mass is 16.6. The van der Waals surface area contributed by atoms with Crippen molar-refractivity contribution in [1.82, 2.24) is 34.4 Å². The zero-order valence-corrected chi connectivity index (χ0v) is 27.1. The molecule has 0 spiro atoms. The number of nitrogens with zero attached hydrogens (tertiary/aromatic N) is 5. The zero-order valence-electron chi connectivity index (χ0n) is 27.1. The number of aromatic amines is 2. The van der Waals surface area contributed by atoms with Gasteiger partial charge in [-0.2, -0.15) is 5.10 Å². The van der Waals surface area contributed by atoms with Gasteiger partial charge in [0.2, 0.25) is 0 Å². The summed E-state index contributed by atoms with van der Waals surface area (Å²) in [5.41, 5.74) is 3.43. The molecule has 3 fully saturated rings. The molecule has 2 N–H and O–H groups in total. The number of carbonyl (C=O) groups is 2. The molecule has 4 aromatic rings. The maximum absolute atomic E-state index is 14.0. The highest BCUT2D eigenvalue weighted by Crippen LogP contribution is 2.33. The van der Waals surface area contributed by atoms with Crippen LogP contribution < -0.4 is 5.69 Å². The molecule has 5 heterocycles. The number of likely N-dealkylation sites (tertiary alicyclic amines) is 3. The summed E-state index contributed by atoms with van der Waals surface area (Å²) in [6.45, 7) is 4.60. The SMILES string of the molecule is CN1CCC(C2CCN(C(=O)[C@@H](Cc3ccc4[nH]ncc4c3)OC(=O)N3CCC(n4cc(-c5ccccc5)[nH]c4=O)CC3)CC2)CC1. The van der Waals surface area contributed by atoms with Crippen LogP contribution in [-0.4, -0.2) is 98.9 Å². The number of aromatic nitrogens is 4. The lowest BCUT2D eigenvalue weighted by Crippen LogP contribution is -2.49. The lowest BCUT2D eigenvalue weighted by Gasteiger charge is -2.40. The van der Waals surface area contributed by atoms with E-state index in [4.69, 9.17) is 4.74 Å². The van der Waals surface area contributed by atoms with Crippen molar-refractivity contribution in [1.29, 1.82) is 0 Å². The highest BCUT2D eigenvalue weighted by Gasteiger charge is 2.35. The Morgan fingerprint density at radius 2 is 1.57 bits per heavy atom. The number of nitrogens with one attached hydrogen (secondary N) is 2. The van der Waals surface area contributed by atoms with Gasteiger partial charge in [0.25, 0.3) is 5.91 Å². The molecule has 2 aromatic heterocycles. The van der Waals surface area contributed by atoms with E-state index in [1.165, 1.54) is 12.8 Å². The topological polar surface area (TPSA) is 120 Å². The number of benzene rings is 2. The van der Waals surface area contributed by atoms with Crippen molar-refractivity contribution in [3.8, 4) is 11.3 Å². The molecule has 3 aliphatic heterocycles. The lowest BCUT2D eigenvalue weighted by molar-refractivity contribution is -0.142. The minimum Gasteiger partial charge on any atom is -0.436 e. The molecule has 47 heavy (non-hydrogen) atoms. The molecular weight excluding hydrogens is 594 g/mol. The van der Waals surface area contributed by atoms with E-state index in [-0.39, 0.29) is 17.6 Å². The molecule has 3 aliphatic rings. The summed E-state index contributed by atoms with van der Waals surface area (Å²) < 4.78 is 7.82. The molecule has 2 amide bonds. The number of imidazole rings is 1. The first kappa shape index (κ1) is 31.2. The summed E-state index contributed by atoms with van der Waals surface area (Å²) in [7, 11) is 2.19. The Kier molecular flexibility index (Phi) is 9.15. The number of carbonyl (C=O) groups excluding carboxylic acids is 2. The Labute approximate surface area is 274 Å². The van der Waals surface area contributed by atoms with E-state index in [0.29, 0.717) is 51.4 Å². The summed E-state index contributed by atoms with van der Waals surface area (Å²) in [5.74, 6) is 1.26. The van der Waals surface area contributed by atoms with Crippen LogP contribution in [0.2, 0.25) is 0 Å². The van der Waals surface area contributed by atoms with Gasteiger partial charge in [0.1, 0.15) is 0 Å². The Balaban J connectivity index is 1.000. The first-order chi connectivity index (χ1) is 22.9. The van der Waals surface area contributed by atoms with Crippen LogP contribution in [0.15, 0.2) is 65.7 Å². The van der Waals surface area contributed by atoms with Gasteiger partial charge in [-0.25, -0.2) is 9.59 Å². The van der Waals surface area contributed by atoms with Crippen molar-refractivity contribution >= 4 is 22.9 Å². The molecule has 1 atom stereocenters. The Hall–Kier alpha value is -4.38. The van der Waals surface area contributed by atoms with Gasteiger partial charge in [-0.3, -0.25) is 14.5 Å². The van der Waals surface area contributed by atoms with Crippen molar-refractivity contribution < 1.29 is 14.3 Å². The summed E-state index contributed by atoms with van der Waals surface area (Å²) in [4.78, 5) is 49.4. The Bertz CT molecular complexity index is 1720. The van der Waals surface area contributed by atoms with Gasteiger partial charge in [0, 0.05) is 50.2 Å². The third kappa shape index (κ3) is 7.00. The number of hydrogen-bond donors (Lipinski definition) is 2. The maximum atomic E-state index is 14.0. The molecule has 2 aromatic carbocycles. The second-order valence-corrected chi connectivity index (χ2v) is 13.6. The van der Waals surface area contributed by atoms with Crippen molar-refractivity contribution in [3.05, 3.63) is 77.0 Å². The van der Waals surface area contributed by atoms with Gasteiger partial charge in [-0.15, -0.1) is 0 Å². The first-order valence-corrected chi connectivity index (χ1v) is 17.1. The predicted molar refractivity (Wildman–Crippen MR) is 180 cm³/mol. The van der Waals surface area contributed by atoms with Crippen molar-refractivity contribution in [3.63, 3.8) is 0 Å². The van der Waals surface area contributed by atoms with E-state index in [0.717, 1.165) is 59.6 Å². The number of H-pyrrole nitrogens is 2. The van der Waals surface area contributed by atoms with Crippen molar-refractivity contribution in [2.24, 2.45) is 11.8 Å². The average molecular weight is 640 g/mol. The van der Waals surface area contributed by atoms with Crippen LogP contribution in [0, 0.1) is 11.8 Å². The molecule has 11 heteroatoms. The molecule has 0 radical (unpaired) electrons. The Morgan fingerprint density at radius 1 is 0.894 bits per heavy atom. The molecule has 11 nitrogen and oxygen atoms in total. The third-order valence-corrected chi connectivity index (χ3v) is 10.7. The smallest absolute Gasteiger partial charge is 0.410 e. The average Bonchev–Trinajstić information content (AvgIpc) is 3.75. The lowest BCUT2D eigenvalue weighted by atomic mass is 9.79. The summed E-state index contributed by atoms with van der Waals surface area (Å²) in [5, 5.41) is 8.04. The monoisotopic (exact) mass is 639 g/mol. The van der Waals surface area contributed by atoms with E-state index in [1.54, 1.807) is 15.7 Å². The molecule has 0 aliphatic carbocycles.